The first kappa shape index (κ1) is 13.8. The number of halogens is 1. The fourth-order valence-corrected chi connectivity index (χ4v) is 2.38. The van der Waals surface area contributed by atoms with E-state index in [2.05, 4.69) is 36.4 Å². The van der Waals surface area contributed by atoms with Crippen molar-refractivity contribution in [2.75, 3.05) is 0 Å². The lowest BCUT2D eigenvalue weighted by atomic mass is 10.2. The zero-order valence-electron chi connectivity index (χ0n) is 11.8. The Labute approximate surface area is 139 Å². The van der Waals surface area contributed by atoms with Gasteiger partial charge >= 0.3 is 0 Å². The van der Waals surface area contributed by atoms with Crippen LogP contribution in [0.25, 0.3) is 28.7 Å². The Hall–Kier alpha value is -2.80. The van der Waals surface area contributed by atoms with Crippen LogP contribution in [0.3, 0.4) is 0 Å². The van der Waals surface area contributed by atoms with E-state index in [1.54, 1.807) is 10.9 Å². The first-order valence-corrected chi connectivity index (χ1v) is 7.67. The second-order valence-corrected chi connectivity index (χ2v) is 5.73. The maximum Gasteiger partial charge on any atom is 0.280 e. The van der Waals surface area contributed by atoms with Crippen LogP contribution in [0.15, 0.2) is 69.8 Å². The Morgan fingerprint density at radius 1 is 0.957 bits per heavy atom. The fraction of sp³-hybridized carbons (Fsp3) is 0. The zero-order valence-corrected chi connectivity index (χ0v) is 13.4. The lowest BCUT2D eigenvalue weighted by Gasteiger charge is -1.96. The minimum atomic E-state index is 0.338. The van der Waals surface area contributed by atoms with Gasteiger partial charge in [-0.25, -0.2) is 4.68 Å². The number of benzene rings is 2. The van der Waals surface area contributed by atoms with Crippen LogP contribution in [0.1, 0.15) is 0 Å². The summed E-state index contributed by atoms with van der Waals surface area (Å²) in [5.41, 5.74) is 2.32. The predicted molar refractivity (Wildman–Crippen MR) is 87.8 cm³/mol. The first-order valence-electron chi connectivity index (χ1n) is 6.87. The summed E-state index contributed by atoms with van der Waals surface area (Å²) in [5, 5.41) is 12.2. The van der Waals surface area contributed by atoms with Gasteiger partial charge in [0.1, 0.15) is 0 Å². The van der Waals surface area contributed by atoms with Crippen molar-refractivity contribution in [3.63, 3.8) is 0 Å². The molecule has 0 aliphatic rings. The van der Waals surface area contributed by atoms with Crippen molar-refractivity contribution < 1.29 is 4.52 Å². The molecular formula is C16H10BrN5O. The molecule has 4 rings (SSSR count). The number of hydrogen-bond donors (Lipinski definition) is 0. The quantitative estimate of drug-likeness (QED) is 0.551. The Morgan fingerprint density at radius 3 is 2.52 bits per heavy atom. The Balaban J connectivity index is 1.65. The highest BCUT2D eigenvalue weighted by Crippen LogP contribution is 2.22. The molecule has 7 heteroatoms. The van der Waals surface area contributed by atoms with E-state index in [1.165, 1.54) is 0 Å². The van der Waals surface area contributed by atoms with Crippen molar-refractivity contribution in [3.05, 3.63) is 65.3 Å². The van der Waals surface area contributed by atoms with Crippen molar-refractivity contribution in [3.8, 4) is 28.7 Å². The van der Waals surface area contributed by atoms with Gasteiger partial charge in [0.15, 0.2) is 5.69 Å². The van der Waals surface area contributed by atoms with Crippen LogP contribution >= 0.6 is 15.9 Å². The summed E-state index contributed by atoms with van der Waals surface area (Å²) in [4.78, 5) is 4.38. The van der Waals surface area contributed by atoms with E-state index >= 15 is 0 Å². The average Bonchev–Trinajstić information content (AvgIpc) is 3.26. The van der Waals surface area contributed by atoms with Crippen LogP contribution in [0.2, 0.25) is 0 Å². The second-order valence-electron chi connectivity index (χ2n) is 4.81. The summed E-state index contributed by atoms with van der Waals surface area (Å²) in [7, 11) is 0. The molecule has 0 bridgehead atoms. The molecule has 23 heavy (non-hydrogen) atoms. The Bertz CT molecular complexity index is 931. The lowest BCUT2D eigenvalue weighted by molar-refractivity contribution is 0.431. The van der Waals surface area contributed by atoms with Crippen molar-refractivity contribution >= 4 is 15.9 Å². The fourth-order valence-electron chi connectivity index (χ4n) is 2.11. The molecular weight excluding hydrogens is 358 g/mol. The molecule has 2 aromatic carbocycles. The van der Waals surface area contributed by atoms with Crippen LogP contribution in [0.5, 0.6) is 0 Å². The van der Waals surface area contributed by atoms with Gasteiger partial charge in [0.2, 0.25) is 5.82 Å². The highest BCUT2D eigenvalue weighted by molar-refractivity contribution is 9.10. The summed E-state index contributed by atoms with van der Waals surface area (Å²) in [5.74, 6) is 0.854. The zero-order chi connectivity index (χ0) is 15.6. The first-order chi connectivity index (χ1) is 11.3. The van der Waals surface area contributed by atoms with Gasteiger partial charge in [-0.15, -0.1) is 5.10 Å². The van der Waals surface area contributed by atoms with Gasteiger partial charge in [-0.3, -0.25) is 0 Å². The molecule has 2 aromatic heterocycles. The predicted octanol–water partition coefficient (Wildman–Crippen LogP) is 3.75. The Kier molecular flexibility index (Phi) is 3.47. The van der Waals surface area contributed by atoms with E-state index in [4.69, 9.17) is 4.52 Å². The maximum atomic E-state index is 5.30. The minimum absolute atomic E-state index is 0.338. The number of aromatic nitrogens is 5. The van der Waals surface area contributed by atoms with Crippen molar-refractivity contribution in [1.29, 1.82) is 0 Å². The van der Waals surface area contributed by atoms with Crippen LogP contribution < -0.4 is 0 Å². The summed E-state index contributed by atoms with van der Waals surface area (Å²) in [6.45, 7) is 0. The second kappa shape index (κ2) is 5.77. The lowest BCUT2D eigenvalue weighted by Crippen LogP contribution is -1.93. The topological polar surface area (TPSA) is 69.6 Å². The molecule has 0 amide bonds. The summed E-state index contributed by atoms with van der Waals surface area (Å²) in [6.07, 6.45) is 1.76. The van der Waals surface area contributed by atoms with Gasteiger partial charge in [-0.1, -0.05) is 44.5 Å². The SMILES string of the molecule is Brc1ccc(-c2noc(-c3cn(-c4ccccc4)nn3)n2)cc1. The van der Waals surface area contributed by atoms with E-state index < -0.39 is 0 Å². The van der Waals surface area contributed by atoms with Crippen molar-refractivity contribution in [1.82, 2.24) is 25.1 Å². The van der Waals surface area contributed by atoms with Crippen molar-refractivity contribution in [2.45, 2.75) is 0 Å². The molecule has 0 fully saturated rings. The molecule has 0 unspecified atom stereocenters. The van der Waals surface area contributed by atoms with Gasteiger partial charge < -0.3 is 4.52 Å². The molecule has 112 valence electrons. The van der Waals surface area contributed by atoms with E-state index in [1.807, 2.05) is 54.6 Å². The third kappa shape index (κ3) is 2.78. The molecule has 4 aromatic rings. The molecule has 0 N–H and O–H groups in total. The molecule has 6 nitrogen and oxygen atoms in total. The Morgan fingerprint density at radius 2 is 1.74 bits per heavy atom. The van der Waals surface area contributed by atoms with E-state index in [-0.39, 0.29) is 0 Å². The monoisotopic (exact) mass is 367 g/mol. The number of nitrogens with zero attached hydrogens (tertiary/aromatic N) is 5. The van der Waals surface area contributed by atoms with E-state index in [0.717, 1.165) is 15.7 Å². The van der Waals surface area contributed by atoms with Gasteiger partial charge in [0.05, 0.1) is 11.9 Å². The molecule has 0 saturated carbocycles. The maximum absolute atomic E-state index is 5.30. The molecule has 0 radical (unpaired) electrons. The minimum Gasteiger partial charge on any atom is -0.332 e. The average molecular weight is 368 g/mol. The summed E-state index contributed by atoms with van der Waals surface area (Å²) >= 11 is 3.40. The highest BCUT2D eigenvalue weighted by Gasteiger charge is 2.14. The van der Waals surface area contributed by atoms with Crippen molar-refractivity contribution in [2.24, 2.45) is 0 Å². The third-order valence-corrected chi connectivity index (χ3v) is 3.79. The number of rotatable bonds is 3. The normalized spacial score (nSPS) is 10.8. The van der Waals surface area contributed by atoms with E-state index in [0.29, 0.717) is 17.4 Å². The van der Waals surface area contributed by atoms with Crippen LogP contribution in [0, 0.1) is 0 Å². The molecule has 0 spiro atoms. The summed E-state index contributed by atoms with van der Waals surface area (Å²) < 4.78 is 7.96. The smallest absolute Gasteiger partial charge is 0.280 e. The van der Waals surface area contributed by atoms with Gasteiger partial charge in [-0.2, -0.15) is 4.98 Å². The van der Waals surface area contributed by atoms with Gasteiger partial charge in [0.25, 0.3) is 5.89 Å². The van der Waals surface area contributed by atoms with Crippen LogP contribution in [0.4, 0.5) is 0 Å². The molecule has 0 atom stereocenters. The standard InChI is InChI=1S/C16H10BrN5O/c17-12-8-6-11(7-9-12)15-18-16(23-20-15)14-10-22(21-19-14)13-4-2-1-3-5-13/h1-10H. The summed E-state index contributed by atoms with van der Waals surface area (Å²) in [6, 6.07) is 17.4. The number of para-hydroxylation sites is 1. The number of hydrogen-bond acceptors (Lipinski definition) is 5. The highest BCUT2D eigenvalue weighted by atomic mass is 79.9. The van der Waals surface area contributed by atoms with Gasteiger partial charge in [0, 0.05) is 10.0 Å². The van der Waals surface area contributed by atoms with Crippen LogP contribution in [-0.2, 0) is 0 Å². The van der Waals surface area contributed by atoms with E-state index in [9.17, 15) is 0 Å². The molecule has 0 aliphatic carbocycles. The molecule has 0 aliphatic heterocycles. The largest absolute Gasteiger partial charge is 0.332 e. The molecule has 0 saturated heterocycles. The van der Waals surface area contributed by atoms with Gasteiger partial charge in [-0.05, 0) is 36.4 Å². The molecule has 2 heterocycles. The third-order valence-electron chi connectivity index (χ3n) is 3.26. The van der Waals surface area contributed by atoms with Crippen LogP contribution in [-0.4, -0.2) is 25.1 Å².